The van der Waals surface area contributed by atoms with Crippen LogP contribution in [-0.2, 0) is 7.05 Å². The van der Waals surface area contributed by atoms with Gasteiger partial charge < -0.3 is 5.32 Å². The Labute approximate surface area is 99.1 Å². The summed E-state index contributed by atoms with van der Waals surface area (Å²) in [6, 6.07) is 6.82. The zero-order valence-electron chi connectivity index (χ0n) is 9.26. The highest BCUT2D eigenvalue weighted by atomic mass is 32.1. The fourth-order valence-corrected chi connectivity index (χ4v) is 2.84. The number of nitrogens with one attached hydrogen (secondary N) is 1. The number of aryl methyl sites for hydroxylation is 1. The molecule has 84 valence electrons. The van der Waals surface area contributed by atoms with Gasteiger partial charge in [0.2, 0.25) is 0 Å². The van der Waals surface area contributed by atoms with Crippen LogP contribution in [0.25, 0.3) is 0 Å². The first kappa shape index (κ1) is 9.90. The lowest BCUT2D eigenvalue weighted by atomic mass is 10.1. The molecule has 0 spiro atoms. The summed E-state index contributed by atoms with van der Waals surface area (Å²) in [5, 5.41) is 10.1. The van der Waals surface area contributed by atoms with Gasteiger partial charge in [0, 0.05) is 24.2 Å². The molecule has 0 saturated heterocycles. The Morgan fingerprint density at radius 3 is 2.94 bits per heavy atom. The molecular formula is C12H15N3S. The van der Waals surface area contributed by atoms with E-state index in [-0.39, 0.29) is 0 Å². The van der Waals surface area contributed by atoms with Crippen molar-refractivity contribution in [3.05, 3.63) is 34.7 Å². The van der Waals surface area contributed by atoms with Gasteiger partial charge in [-0.1, -0.05) is 6.07 Å². The SMILES string of the molecule is Cn1ccc(NC(c2cccs2)C2CC2)n1. The number of thiophene rings is 1. The molecule has 4 heteroatoms. The molecule has 3 nitrogen and oxygen atoms in total. The second-order valence-electron chi connectivity index (χ2n) is 4.35. The largest absolute Gasteiger partial charge is 0.361 e. The van der Waals surface area contributed by atoms with Gasteiger partial charge in [-0.25, -0.2) is 0 Å². The molecule has 1 aliphatic rings. The van der Waals surface area contributed by atoms with Crippen LogP contribution in [0.5, 0.6) is 0 Å². The van der Waals surface area contributed by atoms with E-state index in [0.29, 0.717) is 6.04 Å². The second kappa shape index (κ2) is 3.94. The first-order valence-corrected chi connectivity index (χ1v) is 6.50. The second-order valence-corrected chi connectivity index (χ2v) is 5.33. The molecule has 1 unspecified atom stereocenters. The monoisotopic (exact) mass is 233 g/mol. The number of aromatic nitrogens is 2. The van der Waals surface area contributed by atoms with Gasteiger partial charge in [0.1, 0.15) is 5.82 Å². The van der Waals surface area contributed by atoms with Crippen LogP contribution in [0.1, 0.15) is 23.8 Å². The molecule has 16 heavy (non-hydrogen) atoms. The number of nitrogens with zero attached hydrogens (tertiary/aromatic N) is 2. The van der Waals surface area contributed by atoms with Crippen molar-refractivity contribution in [1.29, 1.82) is 0 Å². The van der Waals surface area contributed by atoms with E-state index < -0.39 is 0 Å². The quantitative estimate of drug-likeness (QED) is 0.879. The lowest BCUT2D eigenvalue weighted by Crippen LogP contribution is -2.12. The molecule has 0 amide bonds. The standard InChI is InChI=1S/C12H15N3S/c1-15-7-6-11(14-15)13-12(9-4-5-9)10-3-2-8-16-10/h2-3,6-9,12H,4-5H2,1H3,(H,13,14). The van der Waals surface area contributed by atoms with Crippen LogP contribution in [0.15, 0.2) is 29.8 Å². The predicted molar refractivity (Wildman–Crippen MR) is 66.6 cm³/mol. The molecule has 2 aromatic heterocycles. The summed E-state index contributed by atoms with van der Waals surface area (Å²) >= 11 is 1.83. The van der Waals surface area contributed by atoms with Gasteiger partial charge in [-0.2, -0.15) is 5.10 Å². The Balaban J connectivity index is 1.79. The normalized spacial score (nSPS) is 17.3. The number of hydrogen-bond donors (Lipinski definition) is 1. The highest BCUT2D eigenvalue weighted by Gasteiger charge is 2.33. The van der Waals surface area contributed by atoms with Crippen LogP contribution < -0.4 is 5.32 Å². The molecule has 1 N–H and O–H groups in total. The Hall–Kier alpha value is -1.29. The summed E-state index contributed by atoms with van der Waals surface area (Å²) in [5.74, 6) is 1.77. The molecule has 0 aliphatic heterocycles. The molecule has 1 aliphatic carbocycles. The van der Waals surface area contributed by atoms with Crippen molar-refractivity contribution < 1.29 is 0 Å². The van der Waals surface area contributed by atoms with Crippen LogP contribution in [0.4, 0.5) is 5.82 Å². The van der Waals surface area contributed by atoms with Crippen molar-refractivity contribution in [2.45, 2.75) is 18.9 Å². The van der Waals surface area contributed by atoms with Crippen molar-refractivity contribution >= 4 is 17.2 Å². The van der Waals surface area contributed by atoms with E-state index in [1.54, 1.807) is 0 Å². The van der Waals surface area contributed by atoms with E-state index in [2.05, 4.69) is 27.9 Å². The van der Waals surface area contributed by atoms with Gasteiger partial charge in [0.05, 0.1) is 6.04 Å². The molecule has 2 aromatic rings. The van der Waals surface area contributed by atoms with E-state index in [1.165, 1.54) is 17.7 Å². The Morgan fingerprint density at radius 1 is 1.50 bits per heavy atom. The molecule has 0 radical (unpaired) electrons. The molecule has 2 heterocycles. The van der Waals surface area contributed by atoms with Gasteiger partial charge in [-0.05, 0) is 30.2 Å². The first-order valence-electron chi connectivity index (χ1n) is 5.62. The van der Waals surface area contributed by atoms with E-state index >= 15 is 0 Å². The lowest BCUT2D eigenvalue weighted by molar-refractivity contribution is 0.679. The Kier molecular flexibility index (Phi) is 2.44. The van der Waals surface area contributed by atoms with E-state index in [1.807, 2.05) is 35.3 Å². The van der Waals surface area contributed by atoms with Crippen LogP contribution in [0.3, 0.4) is 0 Å². The van der Waals surface area contributed by atoms with Crippen molar-refractivity contribution in [3.63, 3.8) is 0 Å². The average molecular weight is 233 g/mol. The van der Waals surface area contributed by atoms with Gasteiger partial charge in [-0.3, -0.25) is 4.68 Å². The lowest BCUT2D eigenvalue weighted by Gasteiger charge is -2.16. The summed E-state index contributed by atoms with van der Waals surface area (Å²) in [7, 11) is 1.95. The summed E-state index contributed by atoms with van der Waals surface area (Å²) in [5.41, 5.74) is 0. The fourth-order valence-electron chi connectivity index (χ4n) is 1.97. The van der Waals surface area contributed by atoms with E-state index in [0.717, 1.165) is 11.7 Å². The summed E-state index contributed by atoms with van der Waals surface area (Å²) in [6.07, 6.45) is 4.64. The van der Waals surface area contributed by atoms with E-state index in [4.69, 9.17) is 0 Å². The van der Waals surface area contributed by atoms with Crippen LogP contribution >= 0.6 is 11.3 Å². The smallest absolute Gasteiger partial charge is 0.148 e. The fraction of sp³-hybridized carbons (Fsp3) is 0.417. The number of anilines is 1. The van der Waals surface area contributed by atoms with Crippen LogP contribution in [0.2, 0.25) is 0 Å². The van der Waals surface area contributed by atoms with E-state index in [9.17, 15) is 0 Å². The maximum atomic E-state index is 4.38. The zero-order chi connectivity index (χ0) is 11.0. The third kappa shape index (κ3) is 1.97. The number of rotatable bonds is 4. The topological polar surface area (TPSA) is 29.9 Å². The Morgan fingerprint density at radius 2 is 2.38 bits per heavy atom. The Bertz CT molecular complexity index is 456. The molecule has 1 saturated carbocycles. The van der Waals surface area contributed by atoms with Crippen molar-refractivity contribution in [1.82, 2.24) is 9.78 Å². The maximum Gasteiger partial charge on any atom is 0.148 e. The molecule has 1 atom stereocenters. The third-order valence-corrected chi connectivity index (χ3v) is 3.92. The van der Waals surface area contributed by atoms with Crippen LogP contribution in [-0.4, -0.2) is 9.78 Å². The molecule has 1 fully saturated rings. The predicted octanol–water partition coefficient (Wildman–Crippen LogP) is 3.04. The minimum atomic E-state index is 0.454. The summed E-state index contributed by atoms with van der Waals surface area (Å²) < 4.78 is 1.83. The highest BCUT2D eigenvalue weighted by Crippen LogP contribution is 2.43. The highest BCUT2D eigenvalue weighted by molar-refractivity contribution is 7.10. The average Bonchev–Trinajstić information content (AvgIpc) is 2.80. The molecule has 0 aromatic carbocycles. The molecule has 0 bridgehead atoms. The number of hydrogen-bond acceptors (Lipinski definition) is 3. The van der Waals surface area contributed by atoms with Gasteiger partial charge >= 0.3 is 0 Å². The third-order valence-electron chi connectivity index (χ3n) is 2.96. The zero-order valence-corrected chi connectivity index (χ0v) is 10.1. The van der Waals surface area contributed by atoms with Crippen molar-refractivity contribution in [2.75, 3.05) is 5.32 Å². The maximum absolute atomic E-state index is 4.38. The minimum absolute atomic E-state index is 0.454. The van der Waals surface area contributed by atoms with Gasteiger partial charge in [-0.15, -0.1) is 11.3 Å². The van der Waals surface area contributed by atoms with Gasteiger partial charge in [0.25, 0.3) is 0 Å². The summed E-state index contributed by atoms with van der Waals surface area (Å²) in [6.45, 7) is 0. The minimum Gasteiger partial charge on any atom is -0.361 e. The molecular weight excluding hydrogens is 218 g/mol. The summed E-state index contributed by atoms with van der Waals surface area (Å²) in [4.78, 5) is 1.42. The van der Waals surface area contributed by atoms with Crippen LogP contribution in [0, 0.1) is 5.92 Å². The first-order chi connectivity index (χ1) is 7.83. The van der Waals surface area contributed by atoms with Crippen molar-refractivity contribution in [3.8, 4) is 0 Å². The van der Waals surface area contributed by atoms with Gasteiger partial charge in [0.15, 0.2) is 0 Å². The van der Waals surface area contributed by atoms with Crippen molar-refractivity contribution in [2.24, 2.45) is 13.0 Å². The molecule has 3 rings (SSSR count).